The summed E-state index contributed by atoms with van der Waals surface area (Å²) >= 11 is 5.58. The molecule has 0 heterocycles. The molecule has 2 heteroatoms. The number of ether oxygens (including phenoxy) is 1. The molecule has 1 aromatic carbocycles. The molecule has 1 rings (SSSR count). The molecule has 0 aliphatic carbocycles. The maximum Gasteiger partial charge on any atom is 0.118 e. The van der Waals surface area contributed by atoms with E-state index in [2.05, 4.69) is 6.58 Å². The molecule has 0 aromatic heterocycles. The van der Waals surface area contributed by atoms with Gasteiger partial charge in [0.25, 0.3) is 0 Å². The molecule has 0 atom stereocenters. The smallest absolute Gasteiger partial charge is 0.118 e. The zero-order valence-corrected chi connectivity index (χ0v) is 8.21. The van der Waals surface area contributed by atoms with Crippen LogP contribution < -0.4 is 4.74 Å². The van der Waals surface area contributed by atoms with Crippen molar-refractivity contribution in [3.63, 3.8) is 0 Å². The molecule has 0 unspecified atom stereocenters. The molecule has 13 heavy (non-hydrogen) atoms. The van der Waals surface area contributed by atoms with Crippen LogP contribution in [0, 0.1) is 0 Å². The van der Waals surface area contributed by atoms with Crippen molar-refractivity contribution < 1.29 is 4.74 Å². The van der Waals surface area contributed by atoms with E-state index >= 15 is 0 Å². The number of hydrogen-bond acceptors (Lipinski definition) is 1. The number of methoxy groups -OCH3 is 1. The molecule has 0 N–H and O–H groups in total. The van der Waals surface area contributed by atoms with E-state index < -0.39 is 0 Å². The van der Waals surface area contributed by atoms with Crippen LogP contribution in [0.5, 0.6) is 5.75 Å². The van der Waals surface area contributed by atoms with Crippen molar-refractivity contribution in [2.45, 2.75) is 0 Å². The molecular formula is C11H11ClO. The van der Waals surface area contributed by atoms with Crippen LogP contribution in [0.2, 0.25) is 0 Å². The SMILES string of the molecule is C=C(Cl)/C=C/c1ccc(OC)cc1. The highest BCUT2D eigenvalue weighted by molar-refractivity contribution is 6.31. The monoisotopic (exact) mass is 194 g/mol. The third-order valence-corrected chi connectivity index (χ3v) is 1.70. The highest BCUT2D eigenvalue weighted by Crippen LogP contribution is 2.13. The van der Waals surface area contributed by atoms with E-state index in [1.165, 1.54) is 0 Å². The number of benzene rings is 1. The fourth-order valence-electron chi connectivity index (χ4n) is 0.902. The number of rotatable bonds is 3. The summed E-state index contributed by atoms with van der Waals surface area (Å²) in [5, 5.41) is 0.524. The first-order valence-electron chi connectivity index (χ1n) is 3.89. The van der Waals surface area contributed by atoms with Crippen LogP contribution in [-0.4, -0.2) is 7.11 Å². The Morgan fingerprint density at radius 1 is 1.38 bits per heavy atom. The summed E-state index contributed by atoms with van der Waals surface area (Å²) < 4.78 is 5.03. The Labute approximate surface area is 83.3 Å². The quantitative estimate of drug-likeness (QED) is 0.670. The molecule has 0 saturated heterocycles. The second kappa shape index (κ2) is 4.73. The third-order valence-electron chi connectivity index (χ3n) is 1.57. The topological polar surface area (TPSA) is 9.23 Å². The van der Waals surface area contributed by atoms with Crippen molar-refractivity contribution in [3.8, 4) is 5.75 Å². The van der Waals surface area contributed by atoms with Crippen molar-refractivity contribution in [2.75, 3.05) is 7.11 Å². The minimum absolute atomic E-state index is 0.524. The van der Waals surface area contributed by atoms with Crippen LogP contribution in [-0.2, 0) is 0 Å². The van der Waals surface area contributed by atoms with E-state index in [0.29, 0.717) is 5.03 Å². The van der Waals surface area contributed by atoms with Gasteiger partial charge in [0.15, 0.2) is 0 Å². The zero-order chi connectivity index (χ0) is 9.68. The molecule has 1 aromatic rings. The Morgan fingerprint density at radius 2 is 2.00 bits per heavy atom. The van der Waals surface area contributed by atoms with Gasteiger partial charge in [0.05, 0.1) is 7.11 Å². The van der Waals surface area contributed by atoms with Gasteiger partial charge in [-0.1, -0.05) is 36.4 Å². The molecule has 0 aliphatic rings. The van der Waals surface area contributed by atoms with Gasteiger partial charge in [0.1, 0.15) is 5.75 Å². The highest BCUT2D eigenvalue weighted by atomic mass is 35.5. The largest absolute Gasteiger partial charge is 0.497 e. The van der Waals surface area contributed by atoms with Gasteiger partial charge in [-0.3, -0.25) is 0 Å². The number of halogens is 1. The molecule has 0 spiro atoms. The molecule has 0 radical (unpaired) electrons. The lowest BCUT2D eigenvalue weighted by Crippen LogP contribution is -1.81. The van der Waals surface area contributed by atoms with Crippen LogP contribution in [0.25, 0.3) is 6.08 Å². The molecule has 0 amide bonds. The van der Waals surface area contributed by atoms with Crippen molar-refractivity contribution in [2.24, 2.45) is 0 Å². The number of allylic oxidation sites excluding steroid dienone is 2. The van der Waals surface area contributed by atoms with Gasteiger partial charge in [0, 0.05) is 5.03 Å². The van der Waals surface area contributed by atoms with E-state index in [9.17, 15) is 0 Å². The van der Waals surface area contributed by atoms with Gasteiger partial charge in [-0.05, 0) is 23.8 Å². The van der Waals surface area contributed by atoms with Gasteiger partial charge in [0.2, 0.25) is 0 Å². The molecular weight excluding hydrogens is 184 g/mol. The van der Waals surface area contributed by atoms with Crippen molar-refractivity contribution >= 4 is 17.7 Å². The van der Waals surface area contributed by atoms with Gasteiger partial charge in [-0.15, -0.1) is 0 Å². The second-order valence-electron chi connectivity index (χ2n) is 2.55. The van der Waals surface area contributed by atoms with Gasteiger partial charge in [-0.2, -0.15) is 0 Å². The van der Waals surface area contributed by atoms with Crippen molar-refractivity contribution in [1.29, 1.82) is 0 Å². The average molecular weight is 195 g/mol. The molecule has 0 saturated carbocycles. The first-order valence-corrected chi connectivity index (χ1v) is 4.26. The Balaban J connectivity index is 2.75. The van der Waals surface area contributed by atoms with Crippen LogP contribution in [0.15, 0.2) is 42.0 Å². The minimum atomic E-state index is 0.524. The molecule has 1 nitrogen and oxygen atoms in total. The third kappa shape index (κ3) is 3.34. The van der Waals surface area contributed by atoms with E-state index in [1.807, 2.05) is 30.3 Å². The number of hydrogen-bond donors (Lipinski definition) is 0. The summed E-state index contributed by atoms with van der Waals surface area (Å²) in [5.74, 6) is 0.849. The van der Waals surface area contributed by atoms with E-state index in [1.54, 1.807) is 13.2 Å². The first kappa shape index (κ1) is 9.87. The summed E-state index contributed by atoms with van der Waals surface area (Å²) in [6, 6.07) is 7.71. The maximum atomic E-state index is 5.58. The minimum Gasteiger partial charge on any atom is -0.497 e. The van der Waals surface area contributed by atoms with Crippen molar-refractivity contribution in [3.05, 3.63) is 47.5 Å². The molecule has 68 valence electrons. The zero-order valence-electron chi connectivity index (χ0n) is 7.46. The van der Waals surface area contributed by atoms with Gasteiger partial charge in [-0.25, -0.2) is 0 Å². The lowest BCUT2D eigenvalue weighted by molar-refractivity contribution is 0.415. The highest BCUT2D eigenvalue weighted by Gasteiger charge is 1.89. The Hall–Kier alpha value is -1.21. The predicted octanol–water partition coefficient (Wildman–Crippen LogP) is 3.46. The first-order chi connectivity index (χ1) is 6.22. The van der Waals surface area contributed by atoms with Crippen LogP contribution in [0.3, 0.4) is 0 Å². The Morgan fingerprint density at radius 3 is 2.46 bits per heavy atom. The standard InChI is InChI=1S/C11H11ClO/c1-9(12)3-4-10-5-7-11(13-2)8-6-10/h3-8H,1H2,2H3/b4-3+. The van der Waals surface area contributed by atoms with Crippen molar-refractivity contribution in [1.82, 2.24) is 0 Å². The average Bonchev–Trinajstić information content (AvgIpc) is 2.15. The second-order valence-corrected chi connectivity index (χ2v) is 3.04. The normalized spacial score (nSPS) is 10.3. The maximum absolute atomic E-state index is 5.58. The van der Waals surface area contributed by atoms with E-state index in [-0.39, 0.29) is 0 Å². The van der Waals surface area contributed by atoms with E-state index in [4.69, 9.17) is 16.3 Å². The summed E-state index contributed by atoms with van der Waals surface area (Å²) in [7, 11) is 1.64. The molecule has 0 aliphatic heterocycles. The fourth-order valence-corrected chi connectivity index (χ4v) is 0.965. The summed E-state index contributed by atoms with van der Waals surface area (Å²) in [6.07, 6.45) is 3.65. The molecule has 0 bridgehead atoms. The Kier molecular flexibility index (Phi) is 3.59. The van der Waals surface area contributed by atoms with Gasteiger partial charge >= 0.3 is 0 Å². The fraction of sp³-hybridized carbons (Fsp3) is 0.0909. The lowest BCUT2D eigenvalue weighted by Gasteiger charge is -1.98. The van der Waals surface area contributed by atoms with Crippen LogP contribution in [0.1, 0.15) is 5.56 Å². The van der Waals surface area contributed by atoms with E-state index in [0.717, 1.165) is 11.3 Å². The summed E-state index contributed by atoms with van der Waals surface area (Å²) in [6.45, 7) is 3.56. The molecule has 0 fully saturated rings. The summed E-state index contributed by atoms with van der Waals surface area (Å²) in [5.41, 5.74) is 1.07. The lowest BCUT2D eigenvalue weighted by atomic mass is 10.2. The van der Waals surface area contributed by atoms with Crippen LogP contribution >= 0.6 is 11.6 Å². The summed E-state index contributed by atoms with van der Waals surface area (Å²) in [4.78, 5) is 0. The van der Waals surface area contributed by atoms with Gasteiger partial charge < -0.3 is 4.74 Å². The predicted molar refractivity (Wildman–Crippen MR) is 57.0 cm³/mol. The van der Waals surface area contributed by atoms with Crippen LogP contribution in [0.4, 0.5) is 0 Å². The Bertz CT molecular complexity index is 311.